The summed E-state index contributed by atoms with van der Waals surface area (Å²) in [5, 5.41) is 5.69. The van der Waals surface area contributed by atoms with Gasteiger partial charge in [0.2, 0.25) is 20.0 Å². The molecule has 20 heteroatoms. The molecule has 2 aromatic heterocycles. The van der Waals surface area contributed by atoms with Gasteiger partial charge in [-0.3, -0.25) is 0 Å². The molecule has 352 valence electrons. The summed E-state index contributed by atoms with van der Waals surface area (Å²) in [6.45, 7) is 7.86. The molecule has 0 radical (unpaired) electrons. The predicted molar refractivity (Wildman–Crippen MR) is 253 cm³/mol. The van der Waals surface area contributed by atoms with Crippen LogP contribution < -0.4 is 28.7 Å². The molecular weight excluding hydrogens is 931 g/mol. The van der Waals surface area contributed by atoms with E-state index in [0.29, 0.717) is 87.3 Å². The predicted octanol–water partition coefficient (Wildman–Crippen LogP) is 7.42. The highest BCUT2D eigenvalue weighted by atomic mass is 32.2. The third-order valence-electron chi connectivity index (χ3n) is 11.4. The molecule has 14 nitrogen and oxygen atoms in total. The van der Waals surface area contributed by atoms with Gasteiger partial charge in [-0.1, -0.05) is 24.3 Å². The lowest BCUT2D eigenvalue weighted by Gasteiger charge is -2.33. The molecule has 6 aromatic rings. The van der Waals surface area contributed by atoms with Gasteiger partial charge < -0.3 is 28.7 Å². The number of hydrogen-bond acceptors (Lipinski definition) is 14. The van der Waals surface area contributed by atoms with Crippen LogP contribution in [-0.4, -0.2) is 116 Å². The standard InChI is InChI=1S/C24H29N3O4S2.C22H23F2N3O4S2/c1-17-5-6-19(13-18(17)2)14-20-16-32-24(25-20)26-9-11-27(12-10-26)33(28,29)21-7-8-22(30-3)23(15-21)31-4;1-30-20-6-4-17(13-21(20)31-2)33(28,29)27-9-7-26(8-10-27)22-25-16(14-32-22)11-15-3-5-18(23)19(24)12-15/h5-8,13,15-16H,9-12,14H2,1-4H3;3-6,12-14H,7-11H2,1-2H3. The van der Waals surface area contributed by atoms with E-state index in [2.05, 4.69) is 47.3 Å². The first-order valence-corrected chi connectivity index (χ1v) is 25.6. The summed E-state index contributed by atoms with van der Waals surface area (Å²) >= 11 is 3.06. The van der Waals surface area contributed by atoms with E-state index in [0.717, 1.165) is 34.1 Å². The monoisotopic (exact) mass is 982 g/mol. The minimum atomic E-state index is -3.68. The van der Waals surface area contributed by atoms with Crippen molar-refractivity contribution in [2.45, 2.75) is 36.5 Å². The Morgan fingerprint density at radius 2 is 0.939 bits per heavy atom. The molecule has 0 amide bonds. The summed E-state index contributed by atoms with van der Waals surface area (Å²) in [6, 6.07) is 19.6. The van der Waals surface area contributed by atoms with Crippen molar-refractivity contribution in [1.82, 2.24) is 18.6 Å². The van der Waals surface area contributed by atoms with E-state index in [1.54, 1.807) is 29.5 Å². The lowest BCUT2D eigenvalue weighted by molar-refractivity contribution is 0.353. The number of aromatic nitrogens is 2. The van der Waals surface area contributed by atoms with Gasteiger partial charge >= 0.3 is 0 Å². The Kier molecular flexibility index (Phi) is 15.5. The van der Waals surface area contributed by atoms with Gasteiger partial charge in [-0.15, -0.1) is 22.7 Å². The zero-order chi connectivity index (χ0) is 47.2. The fraction of sp³-hybridized carbons (Fsp3) is 0.348. The number of benzene rings is 4. The molecule has 2 aliphatic rings. The van der Waals surface area contributed by atoms with Crippen molar-refractivity contribution in [1.29, 1.82) is 0 Å². The molecule has 2 fully saturated rings. The van der Waals surface area contributed by atoms with Crippen LogP contribution in [0, 0.1) is 25.5 Å². The van der Waals surface area contributed by atoms with Crippen molar-refractivity contribution in [2.75, 3.05) is 90.6 Å². The van der Waals surface area contributed by atoms with Crippen LogP contribution in [0.15, 0.2) is 93.3 Å². The minimum absolute atomic E-state index is 0.150. The van der Waals surface area contributed by atoms with E-state index in [4.69, 9.17) is 23.9 Å². The molecule has 0 unspecified atom stereocenters. The van der Waals surface area contributed by atoms with Gasteiger partial charge in [-0.2, -0.15) is 8.61 Å². The maximum atomic E-state index is 13.4. The molecule has 0 N–H and O–H groups in total. The lowest BCUT2D eigenvalue weighted by atomic mass is 10.0. The van der Waals surface area contributed by atoms with E-state index in [-0.39, 0.29) is 9.79 Å². The summed E-state index contributed by atoms with van der Waals surface area (Å²) in [6.07, 6.45) is 1.19. The van der Waals surface area contributed by atoms with Crippen LogP contribution in [0.25, 0.3) is 0 Å². The fourth-order valence-corrected chi connectivity index (χ4v) is 12.2. The number of methoxy groups -OCH3 is 4. The molecule has 4 heterocycles. The number of aryl methyl sites for hydroxylation is 2. The third-order valence-corrected chi connectivity index (χ3v) is 17.1. The van der Waals surface area contributed by atoms with E-state index in [1.165, 1.54) is 95.4 Å². The summed E-state index contributed by atoms with van der Waals surface area (Å²) in [4.78, 5) is 14.0. The summed E-state index contributed by atoms with van der Waals surface area (Å²) in [5.41, 5.74) is 6.26. The maximum Gasteiger partial charge on any atom is 0.243 e. The first-order valence-electron chi connectivity index (χ1n) is 21.0. The van der Waals surface area contributed by atoms with Crippen molar-refractivity contribution in [3.05, 3.63) is 129 Å². The Bertz CT molecular complexity index is 2670. The van der Waals surface area contributed by atoms with Crippen molar-refractivity contribution in [3.8, 4) is 23.0 Å². The van der Waals surface area contributed by atoms with E-state index < -0.39 is 31.7 Å². The molecule has 0 atom stereocenters. The third kappa shape index (κ3) is 11.1. The van der Waals surface area contributed by atoms with Crippen LogP contribution in [-0.2, 0) is 32.9 Å². The Morgan fingerprint density at radius 3 is 1.35 bits per heavy atom. The highest BCUT2D eigenvalue weighted by Crippen LogP contribution is 2.34. The largest absolute Gasteiger partial charge is 0.493 e. The van der Waals surface area contributed by atoms with Crippen LogP contribution >= 0.6 is 22.7 Å². The second-order valence-corrected chi connectivity index (χ2v) is 21.1. The van der Waals surface area contributed by atoms with Crippen LogP contribution in [0.1, 0.15) is 33.6 Å². The Hall–Kier alpha value is -5.38. The molecule has 8 rings (SSSR count). The average Bonchev–Trinajstić information content (AvgIpc) is 4.01. The molecule has 66 heavy (non-hydrogen) atoms. The topological polar surface area (TPSA) is 144 Å². The molecule has 0 bridgehead atoms. The molecule has 4 aromatic carbocycles. The van der Waals surface area contributed by atoms with Gasteiger partial charge in [0.25, 0.3) is 0 Å². The molecule has 2 aliphatic heterocycles. The van der Waals surface area contributed by atoms with Crippen LogP contribution in [0.4, 0.5) is 19.0 Å². The second-order valence-electron chi connectivity index (χ2n) is 15.6. The molecule has 2 saturated heterocycles. The van der Waals surface area contributed by atoms with Crippen molar-refractivity contribution < 1.29 is 44.6 Å². The summed E-state index contributed by atoms with van der Waals surface area (Å²) < 4.78 is 103. The number of piperazine rings is 2. The van der Waals surface area contributed by atoms with Crippen molar-refractivity contribution in [2.24, 2.45) is 0 Å². The van der Waals surface area contributed by atoms with Crippen molar-refractivity contribution >= 4 is 53.0 Å². The number of ether oxygens (including phenoxy) is 4. The highest BCUT2D eigenvalue weighted by molar-refractivity contribution is 7.89. The number of halogens is 2. The van der Waals surface area contributed by atoms with E-state index >= 15 is 0 Å². The van der Waals surface area contributed by atoms with E-state index in [1.807, 2.05) is 10.3 Å². The quantitative estimate of drug-likeness (QED) is 0.107. The van der Waals surface area contributed by atoms with Gasteiger partial charge in [0.05, 0.1) is 49.6 Å². The van der Waals surface area contributed by atoms with Gasteiger partial charge in [0, 0.05) is 88.1 Å². The van der Waals surface area contributed by atoms with Crippen LogP contribution in [0.2, 0.25) is 0 Å². The first-order chi connectivity index (χ1) is 31.6. The minimum Gasteiger partial charge on any atom is -0.493 e. The molecule has 0 spiro atoms. The normalized spacial score (nSPS) is 15.0. The molecular formula is C46H52F2N6O8S4. The average molecular weight is 983 g/mol. The number of thiazole rings is 2. The van der Waals surface area contributed by atoms with Gasteiger partial charge in [0.1, 0.15) is 0 Å². The van der Waals surface area contributed by atoms with E-state index in [9.17, 15) is 25.6 Å². The summed E-state index contributed by atoms with van der Waals surface area (Å²) in [7, 11) is -1.32. The SMILES string of the molecule is COc1ccc(S(=O)(=O)N2CCN(c3nc(Cc4ccc(C)c(C)c4)cs3)CC2)cc1OC.COc1ccc(S(=O)(=O)N2CCN(c3nc(Cc4ccc(F)c(F)c4)cs3)CC2)cc1OC. The van der Waals surface area contributed by atoms with Crippen LogP contribution in [0.3, 0.4) is 0 Å². The Morgan fingerprint density at radius 1 is 0.515 bits per heavy atom. The number of anilines is 2. The van der Waals surface area contributed by atoms with Gasteiger partial charge in [-0.05, 0) is 72.5 Å². The number of nitrogens with zero attached hydrogens (tertiary/aromatic N) is 6. The zero-order valence-corrected chi connectivity index (χ0v) is 40.8. The highest BCUT2D eigenvalue weighted by Gasteiger charge is 2.32. The van der Waals surface area contributed by atoms with Gasteiger partial charge in [0.15, 0.2) is 44.9 Å². The van der Waals surface area contributed by atoms with Gasteiger partial charge in [-0.25, -0.2) is 35.6 Å². The number of sulfonamides is 2. The fourth-order valence-electron chi connectivity index (χ4n) is 7.52. The van der Waals surface area contributed by atoms with Crippen molar-refractivity contribution in [3.63, 3.8) is 0 Å². The van der Waals surface area contributed by atoms with Crippen LogP contribution in [0.5, 0.6) is 23.0 Å². The number of hydrogen-bond donors (Lipinski definition) is 0. The number of rotatable bonds is 14. The Labute approximate surface area is 393 Å². The summed E-state index contributed by atoms with van der Waals surface area (Å²) in [5.74, 6) is -0.0379. The smallest absolute Gasteiger partial charge is 0.243 e. The molecule has 0 aliphatic carbocycles. The first kappa shape index (κ1) is 48.6. The maximum absolute atomic E-state index is 13.4. The molecule has 0 saturated carbocycles. The zero-order valence-electron chi connectivity index (χ0n) is 37.5. The Balaban J connectivity index is 0.000000196. The second kappa shape index (κ2) is 21.1. The lowest BCUT2D eigenvalue weighted by Crippen LogP contribution is -2.48.